The summed E-state index contributed by atoms with van der Waals surface area (Å²) in [5.74, 6) is 0.136. The molecule has 1 fully saturated rings. The van der Waals surface area contributed by atoms with Gasteiger partial charge in [-0.25, -0.2) is 0 Å². The first-order valence-corrected chi connectivity index (χ1v) is 7.02. The van der Waals surface area contributed by atoms with Crippen molar-refractivity contribution in [2.24, 2.45) is 5.92 Å². The van der Waals surface area contributed by atoms with Gasteiger partial charge >= 0.3 is 5.97 Å². The lowest BCUT2D eigenvalue weighted by atomic mass is 9.97. The molecular weight excluding hydrogens is 256 g/mol. The van der Waals surface area contributed by atoms with Gasteiger partial charge in [-0.2, -0.15) is 0 Å². The fourth-order valence-corrected chi connectivity index (χ4v) is 2.33. The van der Waals surface area contributed by atoms with Crippen molar-refractivity contribution in [1.82, 2.24) is 0 Å². The molecule has 2 rings (SSSR count). The first-order valence-electron chi connectivity index (χ1n) is 7.02. The van der Waals surface area contributed by atoms with E-state index in [0.717, 1.165) is 12.0 Å². The highest BCUT2D eigenvalue weighted by molar-refractivity contribution is 5.69. The second-order valence-corrected chi connectivity index (χ2v) is 5.44. The van der Waals surface area contributed by atoms with Gasteiger partial charge in [0.25, 0.3) is 0 Å². The zero-order valence-electron chi connectivity index (χ0n) is 12.2. The summed E-state index contributed by atoms with van der Waals surface area (Å²) in [4.78, 5) is 11.5. The third-order valence-corrected chi connectivity index (χ3v) is 3.55. The van der Waals surface area contributed by atoms with Gasteiger partial charge in [-0.1, -0.05) is 44.2 Å². The summed E-state index contributed by atoms with van der Waals surface area (Å²) in [5, 5.41) is 0. The van der Waals surface area contributed by atoms with Crippen molar-refractivity contribution in [2.75, 3.05) is 7.11 Å². The molecule has 0 saturated carbocycles. The monoisotopic (exact) mass is 278 g/mol. The molecule has 4 heteroatoms. The standard InChI is InChI=1S/C16H22O4/c1-11(2)14-9-13(10-15(17)18-3)19-16(20-14)12-7-5-4-6-8-12/h4-8,11,13-14,16H,9-10H2,1-3H3/t13-,14+,16+/m0/s1. The van der Waals surface area contributed by atoms with Crippen LogP contribution in [0.2, 0.25) is 0 Å². The number of carbonyl (C=O) groups is 1. The van der Waals surface area contributed by atoms with Crippen LogP contribution in [-0.2, 0) is 19.0 Å². The molecule has 0 aromatic heterocycles. The number of hydrogen-bond acceptors (Lipinski definition) is 4. The molecule has 0 bridgehead atoms. The Bertz CT molecular complexity index is 429. The van der Waals surface area contributed by atoms with Crippen LogP contribution in [0.3, 0.4) is 0 Å². The van der Waals surface area contributed by atoms with Gasteiger partial charge in [0, 0.05) is 12.0 Å². The Morgan fingerprint density at radius 2 is 2.00 bits per heavy atom. The molecule has 0 aliphatic carbocycles. The largest absolute Gasteiger partial charge is 0.469 e. The lowest BCUT2D eigenvalue weighted by molar-refractivity contribution is -0.257. The minimum absolute atomic E-state index is 0.0867. The molecular formula is C16H22O4. The molecule has 1 aliphatic heterocycles. The maximum atomic E-state index is 11.5. The van der Waals surface area contributed by atoms with Crippen molar-refractivity contribution in [3.05, 3.63) is 35.9 Å². The van der Waals surface area contributed by atoms with E-state index < -0.39 is 6.29 Å². The summed E-state index contributed by atoms with van der Waals surface area (Å²) in [7, 11) is 1.40. The minimum Gasteiger partial charge on any atom is -0.469 e. The number of hydrogen-bond donors (Lipinski definition) is 0. The number of rotatable bonds is 4. The first kappa shape index (κ1) is 15.0. The average Bonchev–Trinajstić information content (AvgIpc) is 2.47. The van der Waals surface area contributed by atoms with Crippen molar-refractivity contribution in [3.63, 3.8) is 0 Å². The molecule has 0 amide bonds. The highest BCUT2D eigenvalue weighted by atomic mass is 16.7. The Morgan fingerprint density at radius 3 is 2.60 bits per heavy atom. The number of benzene rings is 1. The van der Waals surface area contributed by atoms with E-state index in [1.54, 1.807) is 0 Å². The lowest BCUT2D eigenvalue weighted by Crippen LogP contribution is -2.37. The molecule has 1 aromatic carbocycles. The van der Waals surface area contributed by atoms with E-state index in [1.807, 2.05) is 30.3 Å². The normalized spacial score (nSPS) is 26.5. The van der Waals surface area contributed by atoms with Gasteiger partial charge in [0.05, 0.1) is 25.7 Å². The number of methoxy groups -OCH3 is 1. The highest BCUT2D eigenvalue weighted by Crippen LogP contribution is 2.33. The summed E-state index contributed by atoms with van der Waals surface area (Å²) in [6.07, 6.45) is 0.507. The predicted molar refractivity (Wildman–Crippen MR) is 75.0 cm³/mol. The van der Waals surface area contributed by atoms with Gasteiger partial charge in [0.2, 0.25) is 0 Å². The summed E-state index contributed by atoms with van der Waals surface area (Å²) in [6, 6.07) is 9.82. The van der Waals surface area contributed by atoms with Crippen molar-refractivity contribution >= 4 is 5.97 Å². The Kier molecular flexibility index (Phi) is 5.15. The Hall–Kier alpha value is -1.39. The third-order valence-electron chi connectivity index (χ3n) is 3.55. The number of esters is 1. The van der Waals surface area contributed by atoms with Crippen LogP contribution in [-0.4, -0.2) is 25.3 Å². The second-order valence-electron chi connectivity index (χ2n) is 5.44. The lowest BCUT2D eigenvalue weighted by Gasteiger charge is -2.37. The van der Waals surface area contributed by atoms with Crippen molar-refractivity contribution in [3.8, 4) is 0 Å². The first-order chi connectivity index (χ1) is 9.60. The summed E-state index contributed by atoms with van der Waals surface area (Å²) < 4.78 is 16.6. The molecule has 20 heavy (non-hydrogen) atoms. The molecule has 3 atom stereocenters. The highest BCUT2D eigenvalue weighted by Gasteiger charge is 2.33. The van der Waals surface area contributed by atoms with Crippen LogP contribution in [0.1, 0.15) is 38.5 Å². The fourth-order valence-electron chi connectivity index (χ4n) is 2.33. The van der Waals surface area contributed by atoms with Crippen LogP contribution < -0.4 is 0 Å². The molecule has 4 nitrogen and oxygen atoms in total. The quantitative estimate of drug-likeness (QED) is 0.794. The van der Waals surface area contributed by atoms with Crippen molar-refractivity contribution in [2.45, 2.75) is 45.2 Å². The Balaban J connectivity index is 2.10. The molecule has 0 radical (unpaired) electrons. The zero-order chi connectivity index (χ0) is 14.5. The third kappa shape index (κ3) is 3.81. The van der Waals surface area contributed by atoms with Gasteiger partial charge in [0.1, 0.15) is 0 Å². The van der Waals surface area contributed by atoms with E-state index in [4.69, 9.17) is 14.2 Å². The van der Waals surface area contributed by atoms with E-state index in [2.05, 4.69) is 13.8 Å². The van der Waals surface area contributed by atoms with Crippen molar-refractivity contribution in [1.29, 1.82) is 0 Å². The van der Waals surface area contributed by atoms with Crippen molar-refractivity contribution < 1.29 is 19.0 Å². The predicted octanol–water partition coefficient (Wildman–Crippen LogP) is 3.08. The van der Waals surface area contributed by atoms with E-state index in [9.17, 15) is 4.79 Å². The molecule has 0 spiro atoms. The Morgan fingerprint density at radius 1 is 1.30 bits per heavy atom. The molecule has 1 aromatic rings. The maximum Gasteiger partial charge on any atom is 0.308 e. The van der Waals surface area contributed by atoms with Crippen LogP contribution in [0.5, 0.6) is 0 Å². The van der Waals surface area contributed by atoms with Gasteiger partial charge in [-0.15, -0.1) is 0 Å². The summed E-state index contributed by atoms with van der Waals surface area (Å²) >= 11 is 0. The molecule has 1 aliphatic rings. The maximum absolute atomic E-state index is 11.5. The molecule has 110 valence electrons. The van der Waals surface area contributed by atoms with Gasteiger partial charge in [0.15, 0.2) is 6.29 Å². The topological polar surface area (TPSA) is 44.8 Å². The number of carbonyl (C=O) groups excluding carboxylic acids is 1. The van der Waals surface area contributed by atoms with Crippen LogP contribution in [0, 0.1) is 5.92 Å². The van der Waals surface area contributed by atoms with Crippen LogP contribution in [0.25, 0.3) is 0 Å². The SMILES string of the molecule is COC(=O)C[C@@H]1C[C@H](C(C)C)O[C@H](c2ccccc2)O1. The van der Waals surface area contributed by atoms with E-state index in [0.29, 0.717) is 5.92 Å². The zero-order valence-corrected chi connectivity index (χ0v) is 12.2. The fraction of sp³-hybridized carbons (Fsp3) is 0.562. The molecule has 0 unspecified atom stereocenters. The smallest absolute Gasteiger partial charge is 0.308 e. The second kappa shape index (κ2) is 6.86. The summed E-state index contributed by atoms with van der Waals surface area (Å²) in [5.41, 5.74) is 0.979. The van der Waals surface area contributed by atoms with Crippen LogP contribution in [0.4, 0.5) is 0 Å². The van der Waals surface area contributed by atoms with Gasteiger partial charge in [-0.3, -0.25) is 4.79 Å². The average molecular weight is 278 g/mol. The number of ether oxygens (including phenoxy) is 3. The van der Waals surface area contributed by atoms with E-state index >= 15 is 0 Å². The van der Waals surface area contributed by atoms with Gasteiger partial charge in [-0.05, 0) is 5.92 Å². The van der Waals surface area contributed by atoms with Gasteiger partial charge < -0.3 is 14.2 Å². The van der Waals surface area contributed by atoms with E-state index in [1.165, 1.54) is 7.11 Å². The van der Waals surface area contributed by atoms with E-state index in [-0.39, 0.29) is 24.6 Å². The molecule has 0 N–H and O–H groups in total. The van der Waals surface area contributed by atoms with Crippen LogP contribution >= 0.6 is 0 Å². The van der Waals surface area contributed by atoms with Crippen LogP contribution in [0.15, 0.2) is 30.3 Å². The molecule has 1 saturated heterocycles. The molecule has 1 heterocycles. The Labute approximate surface area is 120 Å². The minimum atomic E-state index is -0.410. The summed E-state index contributed by atoms with van der Waals surface area (Å²) in [6.45, 7) is 4.24.